The van der Waals surface area contributed by atoms with Crippen LogP contribution in [0.3, 0.4) is 0 Å². The lowest BCUT2D eigenvalue weighted by molar-refractivity contribution is -0.179. The molecule has 104 valence electrons. The van der Waals surface area contributed by atoms with Crippen LogP contribution in [-0.2, 0) is 9.53 Å². The molecule has 0 aromatic heterocycles. The molecule has 0 spiro atoms. The van der Waals surface area contributed by atoms with Gasteiger partial charge in [-0.05, 0) is 12.3 Å². The third-order valence-corrected chi connectivity index (χ3v) is 4.46. The Balaban J connectivity index is 1.76. The zero-order chi connectivity index (χ0) is 13.0. The zero-order valence-corrected chi connectivity index (χ0v) is 11.4. The minimum atomic E-state index is -0.638. The first-order valence-electron chi connectivity index (χ1n) is 7.12. The molecule has 0 aromatic rings. The molecule has 0 unspecified atom stereocenters. The number of hydrogen-bond donors (Lipinski definition) is 1. The SMILES string of the molecule is CN(CCC1CCCCC1)C(=O)C1(CO)COC1. The summed E-state index contributed by atoms with van der Waals surface area (Å²) >= 11 is 0. The Morgan fingerprint density at radius 1 is 1.33 bits per heavy atom. The highest BCUT2D eigenvalue weighted by Crippen LogP contribution is 2.30. The van der Waals surface area contributed by atoms with E-state index in [2.05, 4.69) is 0 Å². The van der Waals surface area contributed by atoms with Gasteiger partial charge in [0.15, 0.2) is 0 Å². The summed E-state index contributed by atoms with van der Waals surface area (Å²) in [5.74, 6) is 0.837. The van der Waals surface area contributed by atoms with Crippen LogP contribution in [0.5, 0.6) is 0 Å². The molecule has 1 saturated carbocycles. The number of carbonyl (C=O) groups is 1. The first-order valence-corrected chi connectivity index (χ1v) is 7.12. The molecule has 1 aliphatic heterocycles. The lowest BCUT2D eigenvalue weighted by Gasteiger charge is -2.41. The number of aliphatic hydroxyl groups is 1. The molecule has 2 fully saturated rings. The quantitative estimate of drug-likeness (QED) is 0.808. The molecule has 2 rings (SSSR count). The maximum Gasteiger partial charge on any atom is 0.235 e. The molecular formula is C14H25NO3. The van der Waals surface area contributed by atoms with E-state index in [0.717, 1.165) is 18.9 Å². The molecule has 4 heteroatoms. The topological polar surface area (TPSA) is 49.8 Å². The van der Waals surface area contributed by atoms with Gasteiger partial charge in [0.1, 0.15) is 5.41 Å². The average Bonchev–Trinajstić information content (AvgIpc) is 2.36. The third kappa shape index (κ3) is 2.86. The van der Waals surface area contributed by atoms with Gasteiger partial charge in [0.25, 0.3) is 0 Å². The average molecular weight is 255 g/mol. The van der Waals surface area contributed by atoms with Gasteiger partial charge in [0.2, 0.25) is 5.91 Å². The van der Waals surface area contributed by atoms with E-state index in [1.807, 2.05) is 7.05 Å². The second-order valence-corrected chi connectivity index (χ2v) is 5.95. The van der Waals surface area contributed by atoms with Crippen LogP contribution in [0.25, 0.3) is 0 Å². The summed E-state index contributed by atoms with van der Waals surface area (Å²) in [7, 11) is 1.85. The predicted octanol–water partition coefficient (Wildman–Crippen LogP) is 1.42. The number of rotatable bonds is 5. The van der Waals surface area contributed by atoms with E-state index in [-0.39, 0.29) is 12.5 Å². The minimum absolute atomic E-state index is 0.0482. The highest BCUT2D eigenvalue weighted by molar-refractivity contribution is 5.83. The molecule has 18 heavy (non-hydrogen) atoms. The van der Waals surface area contributed by atoms with Gasteiger partial charge >= 0.3 is 0 Å². The number of hydrogen-bond acceptors (Lipinski definition) is 3. The molecule has 1 N–H and O–H groups in total. The summed E-state index contributed by atoms with van der Waals surface area (Å²) in [6.45, 7) is 1.46. The van der Waals surface area contributed by atoms with Crippen LogP contribution in [0.1, 0.15) is 38.5 Å². The summed E-state index contributed by atoms with van der Waals surface area (Å²) < 4.78 is 5.09. The van der Waals surface area contributed by atoms with Crippen molar-refractivity contribution in [2.45, 2.75) is 38.5 Å². The molecule has 4 nitrogen and oxygen atoms in total. The Labute approximate surface area is 109 Å². The van der Waals surface area contributed by atoms with E-state index in [9.17, 15) is 9.90 Å². The van der Waals surface area contributed by atoms with Gasteiger partial charge in [-0.15, -0.1) is 0 Å². The van der Waals surface area contributed by atoms with Crippen molar-refractivity contribution >= 4 is 5.91 Å². The number of aliphatic hydroxyl groups excluding tert-OH is 1. The van der Waals surface area contributed by atoms with Crippen LogP contribution < -0.4 is 0 Å². The summed E-state index contributed by atoms with van der Waals surface area (Å²) in [4.78, 5) is 14.0. The molecule has 0 radical (unpaired) electrons. The molecule has 1 amide bonds. The molecule has 1 saturated heterocycles. The van der Waals surface area contributed by atoms with Crippen LogP contribution in [0.2, 0.25) is 0 Å². The van der Waals surface area contributed by atoms with Crippen molar-refractivity contribution in [1.82, 2.24) is 4.90 Å². The first-order chi connectivity index (χ1) is 8.68. The molecule has 0 atom stereocenters. The van der Waals surface area contributed by atoms with Gasteiger partial charge in [-0.25, -0.2) is 0 Å². The Hall–Kier alpha value is -0.610. The van der Waals surface area contributed by atoms with Gasteiger partial charge in [-0.3, -0.25) is 4.79 Å². The van der Waals surface area contributed by atoms with E-state index in [1.54, 1.807) is 4.90 Å². The summed E-state index contributed by atoms with van der Waals surface area (Å²) in [6, 6.07) is 0. The van der Waals surface area contributed by atoms with Crippen LogP contribution in [0.4, 0.5) is 0 Å². The number of nitrogens with zero attached hydrogens (tertiary/aromatic N) is 1. The third-order valence-electron chi connectivity index (χ3n) is 4.46. The van der Waals surface area contributed by atoms with Crippen molar-refractivity contribution in [2.24, 2.45) is 11.3 Å². The lowest BCUT2D eigenvalue weighted by atomic mass is 9.84. The smallest absolute Gasteiger partial charge is 0.235 e. The lowest BCUT2D eigenvalue weighted by Crippen LogP contribution is -2.56. The molecule has 2 aliphatic rings. The second-order valence-electron chi connectivity index (χ2n) is 5.95. The Kier molecular flexibility index (Phi) is 4.62. The second kappa shape index (κ2) is 6.02. The Bertz CT molecular complexity index is 277. The Morgan fingerprint density at radius 3 is 2.50 bits per heavy atom. The molecular weight excluding hydrogens is 230 g/mol. The van der Waals surface area contributed by atoms with Gasteiger partial charge in [-0.1, -0.05) is 32.1 Å². The largest absolute Gasteiger partial charge is 0.395 e. The van der Waals surface area contributed by atoms with Crippen molar-refractivity contribution in [1.29, 1.82) is 0 Å². The molecule has 0 aromatic carbocycles. The van der Waals surface area contributed by atoms with E-state index < -0.39 is 5.41 Å². The maximum absolute atomic E-state index is 12.2. The zero-order valence-electron chi connectivity index (χ0n) is 11.4. The van der Waals surface area contributed by atoms with Crippen LogP contribution in [0.15, 0.2) is 0 Å². The standard InChI is InChI=1S/C14H25NO3/c1-15(8-7-12-5-3-2-4-6-12)13(17)14(9-16)10-18-11-14/h12,16H,2-11H2,1H3. The highest BCUT2D eigenvalue weighted by Gasteiger charge is 2.46. The highest BCUT2D eigenvalue weighted by atomic mass is 16.5. The number of ether oxygens (including phenoxy) is 1. The van der Waals surface area contributed by atoms with Crippen LogP contribution >= 0.6 is 0 Å². The van der Waals surface area contributed by atoms with Gasteiger partial charge in [-0.2, -0.15) is 0 Å². The number of carbonyl (C=O) groups excluding carboxylic acids is 1. The first kappa shape index (κ1) is 13.8. The van der Waals surface area contributed by atoms with E-state index in [0.29, 0.717) is 13.2 Å². The summed E-state index contributed by atoms with van der Waals surface area (Å²) in [6.07, 6.45) is 7.79. The number of amides is 1. The monoisotopic (exact) mass is 255 g/mol. The van der Waals surface area contributed by atoms with Crippen molar-refractivity contribution in [3.63, 3.8) is 0 Å². The van der Waals surface area contributed by atoms with E-state index >= 15 is 0 Å². The predicted molar refractivity (Wildman–Crippen MR) is 69.2 cm³/mol. The van der Waals surface area contributed by atoms with E-state index in [4.69, 9.17) is 4.74 Å². The van der Waals surface area contributed by atoms with Crippen LogP contribution in [-0.4, -0.2) is 49.3 Å². The Morgan fingerprint density at radius 2 is 2.00 bits per heavy atom. The van der Waals surface area contributed by atoms with Gasteiger partial charge in [0.05, 0.1) is 19.8 Å². The van der Waals surface area contributed by atoms with Crippen molar-refractivity contribution in [2.75, 3.05) is 33.4 Å². The van der Waals surface area contributed by atoms with Gasteiger partial charge in [0, 0.05) is 13.6 Å². The molecule has 1 heterocycles. The maximum atomic E-state index is 12.2. The molecule has 1 aliphatic carbocycles. The van der Waals surface area contributed by atoms with Crippen molar-refractivity contribution < 1.29 is 14.6 Å². The van der Waals surface area contributed by atoms with Crippen LogP contribution in [0, 0.1) is 11.3 Å². The summed E-state index contributed by atoms with van der Waals surface area (Å²) in [5.41, 5.74) is -0.638. The van der Waals surface area contributed by atoms with Gasteiger partial charge < -0.3 is 14.7 Å². The van der Waals surface area contributed by atoms with E-state index in [1.165, 1.54) is 32.1 Å². The normalized spacial score (nSPS) is 23.4. The fourth-order valence-electron chi connectivity index (χ4n) is 2.99. The minimum Gasteiger partial charge on any atom is -0.395 e. The fraction of sp³-hybridized carbons (Fsp3) is 0.929. The molecule has 0 bridgehead atoms. The fourth-order valence-corrected chi connectivity index (χ4v) is 2.99. The van der Waals surface area contributed by atoms with Crippen molar-refractivity contribution in [3.8, 4) is 0 Å². The summed E-state index contributed by atoms with van der Waals surface area (Å²) in [5, 5.41) is 9.35. The van der Waals surface area contributed by atoms with Crippen molar-refractivity contribution in [3.05, 3.63) is 0 Å².